The van der Waals surface area contributed by atoms with Crippen molar-refractivity contribution in [3.63, 3.8) is 0 Å². The Morgan fingerprint density at radius 3 is 2.29 bits per heavy atom. The first-order valence-corrected chi connectivity index (χ1v) is 11.7. The summed E-state index contributed by atoms with van der Waals surface area (Å²) in [5.74, 6) is 1.11. The molecule has 4 rings (SSSR count). The van der Waals surface area contributed by atoms with E-state index in [0.29, 0.717) is 30.7 Å². The van der Waals surface area contributed by atoms with Crippen molar-refractivity contribution in [3.05, 3.63) is 89.5 Å². The van der Waals surface area contributed by atoms with Crippen LogP contribution < -0.4 is 20.1 Å². The lowest BCUT2D eigenvalue weighted by Crippen LogP contribution is -2.30. The van der Waals surface area contributed by atoms with E-state index in [-0.39, 0.29) is 17.9 Å². The van der Waals surface area contributed by atoms with Crippen LogP contribution in [0.4, 0.5) is 5.69 Å². The fourth-order valence-electron chi connectivity index (χ4n) is 4.07. The molecule has 7 heteroatoms. The van der Waals surface area contributed by atoms with Gasteiger partial charge in [0.2, 0.25) is 0 Å². The number of carbonyl (C=O) groups is 2. The van der Waals surface area contributed by atoms with E-state index < -0.39 is 6.10 Å². The molecule has 0 radical (unpaired) electrons. The number of hydrogen-bond donors (Lipinski definition) is 2. The Labute approximate surface area is 205 Å². The third-order valence-corrected chi connectivity index (χ3v) is 6.04. The molecule has 2 unspecified atom stereocenters. The number of amides is 2. The molecule has 1 saturated heterocycles. The fourth-order valence-corrected chi connectivity index (χ4v) is 4.07. The zero-order chi connectivity index (χ0) is 24.6. The van der Waals surface area contributed by atoms with Gasteiger partial charge in [0.25, 0.3) is 11.8 Å². The number of ether oxygens (including phenoxy) is 3. The van der Waals surface area contributed by atoms with Crippen LogP contribution in [0.25, 0.3) is 0 Å². The second kappa shape index (κ2) is 11.5. The summed E-state index contributed by atoms with van der Waals surface area (Å²) in [6, 6.07) is 22.1. The molecule has 2 N–H and O–H groups in total. The standard InChI is InChI=1S/C28H30N2O5/c1-33-23-12-8-19(9-13-23)17-25(20-10-14-24(34-2)15-11-20)30-27(31)21-5-3-6-22(18-21)29-28(32)26-7-4-16-35-26/h3,5-6,8-15,18,25-26H,4,7,16-17H2,1-2H3,(H,29,32)(H,30,31). The Hall–Kier alpha value is -3.84. The van der Waals surface area contributed by atoms with Gasteiger partial charge in [0, 0.05) is 17.9 Å². The first kappa shape index (κ1) is 24.3. The van der Waals surface area contributed by atoms with E-state index in [1.54, 1.807) is 38.5 Å². The Morgan fingerprint density at radius 2 is 1.66 bits per heavy atom. The van der Waals surface area contributed by atoms with Crippen LogP contribution in [0, 0.1) is 0 Å². The molecule has 1 aliphatic rings. The van der Waals surface area contributed by atoms with Crippen LogP contribution in [0.2, 0.25) is 0 Å². The second-order valence-corrected chi connectivity index (χ2v) is 8.42. The maximum atomic E-state index is 13.2. The number of rotatable bonds is 9. The molecule has 0 spiro atoms. The number of carbonyl (C=O) groups excluding carboxylic acids is 2. The van der Waals surface area contributed by atoms with Crippen molar-refractivity contribution >= 4 is 17.5 Å². The first-order valence-electron chi connectivity index (χ1n) is 11.7. The molecule has 1 fully saturated rings. The third-order valence-electron chi connectivity index (χ3n) is 6.04. The van der Waals surface area contributed by atoms with Gasteiger partial charge in [-0.05, 0) is 72.9 Å². The predicted octanol–water partition coefficient (Wildman–Crippen LogP) is 4.54. The van der Waals surface area contributed by atoms with E-state index in [0.717, 1.165) is 29.0 Å². The van der Waals surface area contributed by atoms with Gasteiger partial charge in [0.1, 0.15) is 17.6 Å². The third kappa shape index (κ3) is 6.39. The predicted molar refractivity (Wildman–Crippen MR) is 134 cm³/mol. The molecule has 3 aromatic rings. The largest absolute Gasteiger partial charge is 0.497 e. The van der Waals surface area contributed by atoms with E-state index in [4.69, 9.17) is 14.2 Å². The zero-order valence-electron chi connectivity index (χ0n) is 20.0. The van der Waals surface area contributed by atoms with Gasteiger partial charge in [0.05, 0.1) is 20.3 Å². The minimum atomic E-state index is -0.434. The van der Waals surface area contributed by atoms with Crippen molar-refractivity contribution in [1.82, 2.24) is 5.32 Å². The van der Waals surface area contributed by atoms with Gasteiger partial charge in [0.15, 0.2) is 0 Å². The van der Waals surface area contributed by atoms with Crippen LogP contribution in [0.1, 0.15) is 40.4 Å². The molecular weight excluding hydrogens is 444 g/mol. The molecule has 35 heavy (non-hydrogen) atoms. The summed E-state index contributed by atoms with van der Waals surface area (Å²) in [6.45, 7) is 0.599. The Bertz CT molecular complexity index is 1140. The highest BCUT2D eigenvalue weighted by Crippen LogP contribution is 2.24. The maximum absolute atomic E-state index is 13.2. The van der Waals surface area contributed by atoms with E-state index in [1.165, 1.54) is 0 Å². The molecule has 1 aliphatic heterocycles. The van der Waals surface area contributed by atoms with Crippen molar-refractivity contribution in [2.75, 3.05) is 26.1 Å². The monoisotopic (exact) mass is 474 g/mol. The van der Waals surface area contributed by atoms with Gasteiger partial charge in [-0.2, -0.15) is 0 Å². The van der Waals surface area contributed by atoms with Gasteiger partial charge in [-0.15, -0.1) is 0 Å². The van der Waals surface area contributed by atoms with Gasteiger partial charge in [-0.25, -0.2) is 0 Å². The molecule has 0 saturated carbocycles. The van der Waals surface area contributed by atoms with Crippen molar-refractivity contribution in [1.29, 1.82) is 0 Å². The number of anilines is 1. The van der Waals surface area contributed by atoms with Crippen molar-refractivity contribution < 1.29 is 23.8 Å². The van der Waals surface area contributed by atoms with E-state index in [9.17, 15) is 9.59 Å². The van der Waals surface area contributed by atoms with Crippen molar-refractivity contribution in [3.8, 4) is 11.5 Å². The minimum Gasteiger partial charge on any atom is -0.497 e. The topological polar surface area (TPSA) is 85.9 Å². The lowest BCUT2D eigenvalue weighted by atomic mass is 9.98. The molecule has 182 valence electrons. The maximum Gasteiger partial charge on any atom is 0.253 e. The SMILES string of the molecule is COc1ccc(CC(NC(=O)c2cccc(NC(=O)C3CCCO3)c2)c2ccc(OC)cc2)cc1. The highest BCUT2D eigenvalue weighted by atomic mass is 16.5. The number of benzene rings is 3. The van der Waals surface area contributed by atoms with E-state index in [2.05, 4.69) is 10.6 Å². The van der Waals surface area contributed by atoms with Crippen LogP contribution >= 0.6 is 0 Å². The molecular formula is C28H30N2O5. The summed E-state index contributed by atoms with van der Waals surface area (Å²) in [4.78, 5) is 25.6. The summed E-state index contributed by atoms with van der Waals surface area (Å²) in [6.07, 6.45) is 1.75. The molecule has 0 aliphatic carbocycles. The summed E-state index contributed by atoms with van der Waals surface area (Å²) in [5.41, 5.74) is 3.04. The molecule has 2 amide bonds. The minimum absolute atomic E-state index is 0.185. The molecule has 3 aromatic carbocycles. The van der Waals surface area contributed by atoms with Crippen LogP contribution in [0.5, 0.6) is 11.5 Å². The average molecular weight is 475 g/mol. The summed E-state index contributed by atoms with van der Waals surface area (Å²) in [5, 5.41) is 6.01. The quantitative estimate of drug-likeness (QED) is 0.476. The Kier molecular flexibility index (Phi) is 8.00. The molecule has 0 aromatic heterocycles. The van der Waals surface area contributed by atoms with Gasteiger partial charge in [-0.1, -0.05) is 30.3 Å². The molecule has 0 bridgehead atoms. The molecule has 7 nitrogen and oxygen atoms in total. The fraction of sp³-hybridized carbons (Fsp3) is 0.286. The Balaban J connectivity index is 1.51. The molecule has 1 heterocycles. The van der Waals surface area contributed by atoms with Crippen LogP contribution in [0.15, 0.2) is 72.8 Å². The molecule has 2 atom stereocenters. The second-order valence-electron chi connectivity index (χ2n) is 8.42. The summed E-state index contributed by atoms with van der Waals surface area (Å²) in [7, 11) is 3.25. The van der Waals surface area contributed by atoms with Crippen molar-refractivity contribution in [2.45, 2.75) is 31.4 Å². The van der Waals surface area contributed by atoms with Gasteiger partial charge >= 0.3 is 0 Å². The van der Waals surface area contributed by atoms with Crippen LogP contribution in [-0.4, -0.2) is 38.7 Å². The lowest BCUT2D eigenvalue weighted by molar-refractivity contribution is -0.124. The number of hydrogen-bond acceptors (Lipinski definition) is 5. The highest BCUT2D eigenvalue weighted by Gasteiger charge is 2.24. The summed E-state index contributed by atoms with van der Waals surface area (Å²) < 4.78 is 16.0. The van der Waals surface area contributed by atoms with E-state index in [1.807, 2.05) is 48.5 Å². The number of methoxy groups -OCH3 is 2. The van der Waals surface area contributed by atoms with E-state index >= 15 is 0 Å². The van der Waals surface area contributed by atoms with Crippen LogP contribution in [0.3, 0.4) is 0 Å². The zero-order valence-corrected chi connectivity index (χ0v) is 20.0. The van der Waals surface area contributed by atoms with Crippen LogP contribution in [-0.2, 0) is 16.0 Å². The highest BCUT2D eigenvalue weighted by molar-refractivity contribution is 5.98. The van der Waals surface area contributed by atoms with Gasteiger partial charge in [-0.3, -0.25) is 9.59 Å². The Morgan fingerprint density at radius 1 is 0.971 bits per heavy atom. The van der Waals surface area contributed by atoms with Gasteiger partial charge < -0.3 is 24.8 Å². The summed E-state index contributed by atoms with van der Waals surface area (Å²) >= 11 is 0. The average Bonchev–Trinajstić information content (AvgIpc) is 3.44. The first-order chi connectivity index (χ1) is 17.1. The number of nitrogens with one attached hydrogen (secondary N) is 2. The lowest BCUT2D eigenvalue weighted by Gasteiger charge is -2.20. The normalized spacial score (nSPS) is 15.8. The smallest absolute Gasteiger partial charge is 0.253 e. The van der Waals surface area contributed by atoms with Crippen molar-refractivity contribution in [2.24, 2.45) is 0 Å².